The van der Waals surface area contributed by atoms with Crippen molar-refractivity contribution in [2.24, 2.45) is 0 Å². The van der Waals surface area contributed by atoms with E-state index in [1.54, 1.807) is 11.8 Å². The Balaban J connectivity index is 1.26. The van der Waals surface area contributed by atoms with Crippen LogP contribution in [-0.2, 0) is 9.47 Å². The van der Waals surface area contributed by atoms with Crippen LogP contribution < -0.4 is 4.90 Å². The van der Waals surface area contributed by atoms with Gasteiger partial charge in [-0.1, -0.05) is 0 Å². The molecule has 1 atom stereocenters. The lowest BCUT2D eigenvalue weighted by Gasteiger charge is -2.40. The molecule has 3 saturated heterocycles. The summed E-state index contributed by atoms with van der Waals surface area (Å²) in [6, 6.07) is 9.18. The number of nitrogens with zero attached hydrogens (tertiary/aromatic N) is 4. The molecule has 8 nitrogen and oxygen atoms in total. The molecule has 3 aliphatic rings. The molecule has 3 heterocycles. The summed E-state index contributed by atoms with van der Waals surface area (Å²) in [7, 11) is 2.24. The number of piperidine rings is 1. The van der Waals surface area contributed by atoms with Gasteiger partial charge in [0.2, 0.25) is 0 Å². The van der Waals surface area contributed by atoms with Gasteiger partial charge in [-0.2, -0.15) is 0 Å². The van der Waals surface area contributed by atoms with E-state index in [0.717, 1.165) is 45.6 Å². The largest absolute Gasteiger partial charge is 0.450 e. The SMILES string of the molecule is CCOC(=O)N1CCN(C(=O)c2ccc(N3CCC(N(C)[C@@H]4CCOC4)CC3)cc2)CC1. The van der Waals surface area contributed by atoms with Crippen molar-refractivity contribution in [3.05, 3.63) is 29.8 Å². The van der Waals surface area contributed by atoms with Gasteiger partial charge >= 0.3 is 6.09 Å². The number of amides is 2. The number of anilines is 1. The second-order valence-electron chi connectivity index (χ2n) is 8.93. The van der Waals surface area contributed by atoms with Crippen LogP contribution in [0.5, 0.6) is 0 Å². The van der Waals surface area contributed by atoms with Gasteiger partial charge in [0.15, 0.2) is 0 Å². The van der Waals surface area contributed by atoms with Gasteiger partial charge in [0.1, 0.15) is 0 Å². The zero-order valence-electron chi connectivity index (χ0n) is 19.4. The Kier molecular flexibility index (Phi) is 7.52. The zero-order chi connectivity index (χ0) is 22.5. The second-order valence-corrected chi connectivity index (χ2v) is 8.93. The average molecular weight is 445 g/mol. The third-order valence-electron chi connectivity index (χ3n) is 7.09. The van der Waals surface area contributed by atoms with Crippen LogP contribution in [0.15, 0.2) is 24.3 Å². The first kappa shape index (κ1) is 22.9. The van der Waals surface area contributed by atoms with E-state index in [4.69, 9.17) is 9.47 Å². The molecule has 0 aliphatic carbocycles. The lowest BCUT2D eigenvalue weighted by molar-refractivity contribution is 0.0570. The molecule has 0 aromatic heterocycles. The number of hydrogen-bond donors (Lipinski definition) is 0. The Bertz CT molecular complexity index is 765. The molecule has 3 aliphatic heterocycles. The number of ether oxygens (including phenoxy) is 2. The third-order valence-corrected chi connectivity index (χ3v) is 7.09. The molecule has 4 rings (SSSR count). The fraction of sp³-hybridized carbons (Fsp3) is 0.667. The highest BCUT2D eigenvalue weighted by Gasteiger charge is 2.29. The molecule has 0 unspecified atom stereocenters. The number of rotatable bonds is 5. The van der Waals surface area contributed by atoms with E-state index in [2.05, 4.69) is 29.0 Å². The molecule has 1 aromatic rings. The zero-order valence-corrected chi connectivity index (χ0v) is 19.4. The van der Waals surface area contributed by atoms with Crippen molar-refractivity contribution in [2.45, 2.75) is 38.3 Å². The number of benzene rings is 1. The molecule has 1 aromatic carbocycles. The summed E-state index contributed by atoms with van der Waals surface area (Å²) in [4.78, 5) is 33.2. The fourth-order valence-electron chi connectivity index (χ4n) is 4.98. The van der Waals surface area contributed by atoms with Crippen molar-refractivity contribution in [1.29, 1.82) is 0 Å². The van der Waals surface area contributed by atoms with Crippen molar-refractivity contribution in [2.75, 3.05) is 71.0 Å². The standard InChI is InChI=1S/C24H36N4O4/c1-3-32-24(30)28-15-13-27(14-16-28)23(29)19-4-6-21(7-5-19)26-11-8-20(9-12-26)25(2)22-10-17-31-18-22/h4-7,20,22H,3,8-18H2,1-2H3/t22-/m1/s1. The maximum absolute atomic E-state index is 12.9. The summed E-state index contributed by atoms with van der Waals surface area (Å²) in [6.45, 7) is 8.08. The molecule has 0 radical (unpaired) electrons. The molecule has 0 bridgehead atoms. The van der Waals surface area contributed by atoms with E-state index in [1.807, 2.05) is 17.0 Å². The summed E-state index contributed by atoms with van der Waals surface area (Å²) in [5.41, 5.74) is 1.88. The summed E-state index contributed by atoms with van der Waals surface area (Å²) < 4.78 is 10.6. The van der Waals surface area contributed by atoms with Gasteiger partial charge in [-0.15, -0.1) is 0 Å². The summed E-state index contributed by atoms with van der Waals surface area (Å²) in [5, 5.41) is 0. The van der Waals surface area contributed by atoms with Gasteiger partial charge in [0.05, 0.1) is 13.2 Å². The fourth-order valence-corrected chi connectivity index (χ4v) is 4.98. The van der Waals surface area contributed by atoms with Gasteiger partial charge in [0.25, 0.3) is 5.91 Å². The third kappa shape index (κ3) is 5.18. The van der Waals surface area contributed by atoms with E-state index in [9.17, 15) is 9.59 Å². The molecule has 0 N–H and O–H groups in total. The topological polar surface area (TPSA) is 65.6 Å². The lowest BCUT2D eigenvalue weighted by Crippen LogP contribution is -2.50. The summed E-state index contributed by atoms with van der Waals surface area (Å²) in [6.07, 6.45) is 3.15. The second kappa shape index (κ2) is 10.5. The number of carbonyl (C=O) groups excluding carboxylic acids is 2. The van der Waals surface area contributed by atoms with Gasteiger partial charge < -0.3 is 24.2 Å². The Hall–Kier alpha value is -2.32. The normalized spacial score (nSPS) is 22.5. The van der Waals surface area contributed by atoms with Crippen LogP contribution in [0.3, 0.4) is 0 Å². The van der Waals surface area contributed by atoms with Crippen LogP contribution in [0, 0.1) is 0 Å². The molecule has 32 heavy (non-hydrogen) atoms. The lowest BCUT2D eigenvalue weighted by atomic mass is 10.0. The highest BCUT2D eigenvalue weighted by atomic mass is 16.6. The molecule has 176 valence electrons. The molecular formula is C24H36N4O4. The summed E-state index contributed by atoms with van der Waals surface area (Å²) >= 11 is 0. The summed E-state index contributed by atoms with van der Waals surface area (Å²) in [5.74, 6) is 0.0270. The number of hydrogen-bond acceptors (Lipinski definition) is 6. The van der Waals surface area contributed by atoms with Gasteiger partial charge in [0, 0.05) is 69.2 Å². The Labute approximate surface area is 191 Å². The minimum atomic E-state index is -0.296. The Morgan fingerprint density at radius 2 is 1.62 bits per heavy atom. The van der Waals surface area contributed by atoms with Gasteiger partial charge in [-0.25, -0.2) is 4.79 Å². The van der Waals surface area contributed by atoms with Crippen molar-refractivity contribution < 1.29 is 19.1 Å². The molecular weight excluding hydrogens is 408 g/mol. The van der Waals surface area contributed by atoms with Gasteiger partial charge in [-0.3, -0.25) is 9.69 Å². The molecule has 3 fully saturated rings. The van der Waals surface area contributed by atoms with Gasteiger partial charge in [-0.05, 0) is 57.5 Å². The quantitative estimate of drug-likeness (QED) is 0.694. The van der Waals surface area contributed by atoms with Crippen LogP contribution >= 0.6 is 0 Å². The smallest absolute Gasteiger partial charge is 0.409 e. The molecule has 0 saturated carbocycles. The van der Waals surface area contributed by atoms with E-state index >= 15 is 0 Å². The van der Waals surface area contributed by atoms with E-state index in [0.29, 0.717) is 50.4 Å². The average Bonchev–Trinajstić information content (AvgIpc) is 3.39. The molecule has 0 spiro atoms. The van der Waals surface area contributed by atoms with Crippen molar-refractivity contribution >= 4 is 17.7 Å². The minimum absolute atomic E-state index is 0.0270. The highest BCUT2D eigenvalue weighted by Crippen LogP contribution is 2.25. The van der Waals surface area contributed by atoms with Crippen LogP contribution in [-0.4, -0.2) is 105 Å². The maximum Gasteiger partial charge on any atom is 0.409 e. The minimum Gasteiger partial charge on any atom is -0.450 e. The molecule has 8 heteroatoms. The first-order valence-corrected chi connectivity index (χ1v) is 11.9. The highest BCUT2D eigenvalue weighted by molar-refractivity contribution is 5.94. The van der Waals surface area contributed by atoms with E-state index in [1.165, 1.54) is 5.69 Å². The van der Waals surface area contributed by atoms with Crippen molar-refractivity contribution in [3.8, 4) is 0 Å². The number of likely N-dealkylation sites (N-methyl/N-ethyl adjacent to an activating group) is 1. The van der Waals surface area contributed by atoms with Crippen LogP contribution in [0.4, 0.5) is 10.5 Å². The van der Waals surface area contributed by atoms with Crippen molar-refractivity contribution in [1.82, 2.24) is 14.7 Å². The number of carbonyl (C=O) groups is 2. The van der Waals surface area contributed by atoms with Crippen LogP contribution in [0.2, 0.25) is 0 Å². The first-order chi connectivity index (χ1) is 15.6. The maximum atomic E-state index is 12.9. The Morgan fingerprint density at radius 1 is 0.969 bits per heavy atom. The van der Waals surface area contributed by atoms with Crippen LogP contribution in [0.25, 0.3) is 0 Å². The molecule has 2 amide bonds. The van der Waals surface area contributed by atoms with E-state index < -0.39 is 0 Å². The number of piperazine rings is 1. The van der Waals surface area contributed by atoms with E-state index in [-0.39, 0.29) is 12.0 Å². The monoisotopic (exact) mass is 444 g/mol. The Morgan fingerprint density at radius 3 is 2.22 bits per heavy atom. The predicted molar refractivity (Wildman–Crippen MR) is 123 cm³/mol. The first-order valence-electron chi connectivity index (χ1n) is 11.9. The predicted octanol–water partition coefficient (Wildman–Crippen LogP) is 2.29. The van der Waals surface area contributed by atoms with Crippen LogP contribution in [0.1, 0.15) is 36.5 Å². The van der Waals surface area contributed by atoms with Crippen molar-refractivity contribution in [3.63, 3.8) is 0 Å².